The lowest BCUT2D eigenvalue weighted by Crippen LogP contribution is -2.45. The van der Waals surface area contributed by atoms with Crippen LogP contribution in [0.25, 0.3) is 0 Å². The number of nitrogens with one attached hydrogen (secondary N) is 1. The molecule has 1 aliphatic carbocycles. The van der Waals surface area contributed by atoms with Crippen LogP contribution in [0.15, 0.2) is 24.3 Å². The third kappa shape index (κ3) is 6.24. The largest absolute Gasteiger partial charge is 0.481 e. The molecule has 6 heteroatoms. The zero-order chi connectivity index (χ0) is 26.8. The zero-order valence-electron chi connectivity index (χ0n) is 23.0. The number of hydrogen-bond acceptors (Lipinski definition) is 5. The molecule has 2 aromatic carbocycles. The Balaban J connectivity index is 1.74. The summed E-state index contributed by atoms with van der Waals surface area (Å²) >= 11 is 6.30. The number of hydrogen-bond donors (Lipinski definition) is 2. The highest BCUT2D eigenvalue weighted by Gasteiger charge is 2.32. The van der Waals surface area contributed by atoms with E-state index in [1.165, 1.54) is 11.1 Å². The van der Waals surface area contributed by atoms with Crippen LogP contribution in [-0.4, -0.2) is 36.4 Å². The number of aliphatic hydroxyl groups is 1. The number of halogens is 1. The van der Waals surface area contributed by atoms with Crippen molar-refractivity contribution in [3.8, 4) is 5.75 Å². The van der Waals surface area contributed by atoms with Gasteiger partial charge in [-0.1, -0.05) is 50.6 Å². The summed E-state index contributed by atoms with van der Waals surface area (Å²) in [6, 6.07) is 8.06. The minimum atomic E-state index is -1.04. The molecule has 2 N–H and O–H groups in total. The first kappa shape index (κ1) is 28.5. The van der Waals surface area contributed by atoms with Gasteiger partial charge in [0.2, 0.25) is 0 Å². The first-order valence-corrected chi connectivity index (χ1v) is 13.4. The molecule has 0 aliphatic heterocycles. The van der Waals surface area contributed by atoms with Crippen molar-refractivity contribution in [1.82, 2.24) is 5.32 Å². The maximum atomic E-state index is 12.3. The van der Waals surface area contributed by atoms with E-state index in [9.17, 15) is 9.90 Å². The Morgan fingerprint density at radius 1 is 1.22 bits per heavy atom. The van der Waals surface area contributed by atoms with Gasteiger partial charge >= 0.3 is 5.97 Å². The summed E-state index contributed by atoms with van der Waals surface area (Å²) in [4.78, 5) is 12.3. The number of benzene rings is 2. The van der Waals surface area contributed by atoms with Gasteiger partial charge in [-0.25, -0.2) is 4.79 Å². The molecule has 0 bridgehead atoms. The lowest BCUT2D eigenvalue weighted by molar-refractivity contribution is -0.152. The first-order chi connectivity index (χ1) is 16.8. The number of aryl methyl sites for hydroxylation is 2. The predicted octanol–water partition coefficient (Wildman–Crippen LogP) is 6.15. The molecule has 3 rings (SSSR count). The van der Waals surface area contributed by atoms with E-state index in [-0.39, 0.29) is 36.6 Å². The van der Waals surface area contributed by atoms with Crippen LogP contribution in [0.3, 0.4) is 0 Å². The topological polar surface area (TPSA) is 67.8 Å². The van der Waals surface area contributed by atoms with E-state index in [4.69, 9.17) is 21.1 Å². The van der Waals surface area contributed by atoms with Crippen molar-refractivity contribution in [2.45, 2.75) is 91.9 Å². The van der Waals surface area contributed by atoms with E-state index in [1.807, 2.05) is 59.7 Å². The van der Waals surface area contributed by atoms with Crippen LogP contribution in [0, 0.1) is 26.7 Å². The highest BCUT2D eigenvalue weighted by atomic mass is 35.5. The molecule has 0 saturated carbocycles. The minimum Gasteiger partial charge on any atom is -0.481 e. The molecule has 2 unspecified atom stereocenters. The second-order valence-corrected chi connectivity index (χ2v) is 11.4. The fraction of sp³-hybridized carbons (Fsp3) is 0.567. The molecule has 198 valence electrons. The number of rotatable bonds is 9. The molecule has 0 radical (unpaired) electrons. The summed E-state index contributed by atoms with van der Waals surface area (Å²) in [5.74, 6) is 0.895. The number of esters is 1. The third-order valence-electron chi connectivity index (χ3n) is 7.77. The minimum absolute atomic E-state index is 0.102. The number of fused-ring (bicyclic) bond motifs is 1. The van der Waals surface area contributed by atoms with Crippen LogP contribution in [0.4, 0.5) is 0 Å². The Hall–Kier alpha value is -2.08. The summed E-state index contributed by atoms with van der Waals surface area (Å²) < 4.78 is 11.5. The number of ether oxygens (including phenoxy) is 2. The average molecular weight is 516 g/mol. The zero-order valence-corrected chi connectivity index (χ0v) is 23.8. The monoisotopic (exact) mass is 515 g/mol. The highest BCUT2D eigenvalue weighted by molar-refractivity contribution is 6.31. The van der Waals surface area contributed by atoms with E-state index in [0.29, 0.717) is 11.6 Å². The van der Waals surface area contributed by atoms with Crippen LogP contribution in [0.5, 0.6) is 5.75 Å². The molecule has 1 aliphatic rings. The summed E-state index contributed by atoms with van der Waals surface area (Å²) in [5, 5.41) is 15.6. The number of carbonyl (C=O) groups is 1. The first-order valence-electron chi connectivity index (χ1n) is 13.0. The third-order valence-corrected chi connectivity index (χ3v) is 8.18. The summed E-state index contributed by atoms with van der Waals surface area (Å²) in [5.41, 5.74) is 5.41. The molecule has 5 nitrogen and oxygen atoms in total. The Morgan fingerprint density at radius 3 is 2.58 bits per heavy atom. The Labute approximate surface area is 221 Å². The van der Waals surface area contributed by atoms with Gasteiger partial charge in [-0.05, 0) is 98.7 Å². The highest BCUT2D eigenvalue weighted by Crippen LogP contribution is 2.40. The molecule has 4 atom stereocenters. The van der Waals surface area contributed by atoms with Gasteiger partial charge in [-0.3, -0.25) is 0 Å². The second kappa shape index (κ2) is 11.5. The Bertz CT molecular complexity index is 1090. The SMILES string of the molecule is Cc1cc2c(c(C)c1OCC(=O)OC(C)C(C)C)C(C)[C@@H](NC[C@](C)(O)c1cccc(Cl)c1C)CC2. The second-order valence-electron chi connectivity index (χ2n) is 10.9. The van der Waals surface area contributed by atoms with Crippen LogP contribution >= 0.6 is 11.6 Å². The summed E-state index contributed by atoms with van der Waals surface area (Å²) in [7, 11) is 0. The van der Waals surface area contributed by atoms with Gasteiger partial charge < -0.3 is 19.9 Å². The molecule has 0 heterocycles. The Kier molecular flexibility index (Phi) is 9.13. The normalized spacial score (nSPS) is 20.0. The van der Waals surface area contributed by atoms with E-state index in [0.717, 1.165) is 40.8 Å². The van der Waals surface area contributed by atoms with Gasteiger partial charge in [-0.15, -0.1) is 0 Å². The van der Waals surface area contributed by atoms with Crippen LogP contribution < -0.4 is 10.1 Å². The van der Waals surface area contributed by atoms with Gasteiger partial charge in [0, 0.05) is 17.6 Å². The maximum Gasteiger partial charge on any atom is 0.344 e. The molecule has 36 heavy (non-hydrogen) atoms. The smallest absolute Gasteiger partial charge is 0.344 e. The van der Waals surface area contributed by atoms with Crippen molar-refractivity contribution in [3.63, 3.8) is 0 Å². The lowest BCUT2D eigenvalue weighted by atomic mass is 9.77. The fourth-order valence-electron chi connectivity index (χ4n) is 5.29. The molecular weight excluding hydrogens is 474 g/mol. The molecule has 0 fully saturated rings. The quantitative estimate of drug-likeness (QED) is 0.392. The molecule has 0 spiro atoms. The van der Waals surface area contributed by atoms with E-state index < -0.39 is 5.60 Å². The van der Waals surface area contributed by atoms with Crippen LogP contribution in [0.2, 0.25) is 5.02 Å². The van der Waals surface area contributed by atoms with Gasteiger partial charge in [0.05, 0.1) is 5.60 Å². The van der Waals surface area contributed by atoms with Crippen molar-refractivity contribution < 1.29 is 19.4 Å². The predicted molar refractivity (Wildman–Crippen MR) is 146 cm³/mol. The molecule has 0 aromatic heterocycles. The lowest BCUT2D eigenvalue weighted by Gasteiger charge is -2.36. The molecule has 2 aromatic rings. The van der Waals surface area contributed by atoms with Crippen molar-refractivity contribution >= 4 is 17.6 Å². The van der Waals surface area contributed by atoms with Crippen molar-refractivity contribution in [1.29, 1.82) is 0 Å². The van der Waals surface area contributed by atoms with Crippen LogP contribution in [-0.2, 0) is 21.6 Å². The molecule has 0 saturated heterocycles. The van der Waals surface area contributed by atoms with Crippen molar-refractivity contribution in [2.24, 2.45) is 5.92 Å². The van der Waals surface area contributed by atoms with Crippen molar-refractivity contribution in [3.05, 3.63) is 62.7 Å². The van der Waals surface area contributed by atoms with Gasteiger partial charge in [0.15, 0.2) is 6.61 Å². The Morgan fingerprint density at radius 2 is 1.92 bits per heavy atom. The van der Waals surface area contributed by atoms with E-state index in [1.54, 1.807) is 0 Å². The van der Waals surface area contributed by atoms with Gasteiger partial charge in [0.1, 0.15) is 11.9 Å². The van der Waals surface area contributed by atoms with E-state index >= 15 is 0 Å². The molecular formula is C30H42ClNO4. The maximum absolute atomic E-state index is 12.3. The van der Waals surface area contributed by atoms with E-state index in [2.05, 4.69) is 25.2 Å². The van der Waals surface area contributed by atoms with Crippen LogP contribution in [0.1, 0.15) is 80.3 Å². The standard InChI is InChI=1S/C30H42ClNO4/c1-17(2)22(7)36-27(33)15-35-29-18(3)14-23-12-13-26(20(5)28(23)21(29)6)32-16-30(8,34)24-10-9-11-25(31)19(24)4/h9-11,14,17,20,22,26,32,34H,12-13,15-16H2,1-8H3/t20?,22?,26-,30-/m0/s1. The summed E-state index contributed by atoms with van der Waals surface area (Å²) in [6.45, 7) is 16.4. The fourth-order valence-corrected chi connectivity index (χ4v) is 5.47. The average Bonchev–Trinajstić information content (AvgIpc) is 2.79. The number of carbonyl (C=O) groups excluding carboxylic acids is 1. The summed E-state index contributed by atoms with van der Waals surface area (Å²) in [6.07, 6.45) is 1.79. The van der Waals surface area contributed by atoms with Crippen molar-refractivity contribution in [2.75, 3.05) is 13.2 Å². The van der Waals surface area contributed by atoms with Gasteiger partial charge in [-0.2, -0.15) is 0 Å². The van der Waals surface area contributed by atoms with Gasteiger partial charge in [0.25, 0.3) is 0 Å². The molecule has 0 amide bonds.